The Morgan fingerprint density at radius 1 is 1.50 bits per heavy atom. The van der Waals surface area contributed by atoms with Crippen molar-refractivity contribution in [3.05, 3.63) is 29.6 Å². The number of aryl methyl sites for hydroxylation is 1. The van der Waals surface area contributed by atoms with Crippen LogP contribution in [-0.4, -0.2) is 21.2 Å². The van der Waals surface area contributed by atoms with Gasteiger partial charge in [-0.1, -0.05) is 6.07 Å². The van der Waals surface area contributed by atoms with Crippen LogP contribution in [0, 0.1) is 12.8 Å². The molecule has 4 heteroatoms. The van der Waals surface area contributed by atoms with Crippen LogP contribution in [0.5, 0.6) is 0 Å². The summed E-state index contributed by atoms with van der Waals surface area (Å²) in [6.45, 7) is 3.33. The summed E-state index contributed by atoms with van der Waals surface area (Å²) in [6.07, 6.45) is 0.556. The van der Waals surface area contributed by atoms with Crippen molar-refractivity contribution in [2.45, 2.75) is 20.0 Å². The normalized spacial score (nSPS) is 14.8. The molecule has 0 bridgehead atoms. The van der Waals surface area contributed by atoms with Gasteiger partial charge in [-0.15, -0.1) is 0 Å². The van der Waals surface area contributed by atoms with E-state index in [0.29, 0.717) is 5.69 Å². The molecular formula is C10H13NO3. The lowest BCUT2D eigenvalue weighted by Gasteiger charge is -2.13. The van der Waals surface area contributed by atoms with Crippen molar-refractivity contribution in [3.8, 4) is 0 Å². The van der Waals surface area contributed by atoms with E-state index in [0.717, 1.165) is 5.56 Å². The Morgan fingerprint density at radius 3 is 2.57 bits per heavy atom. The van der Waals surface area contributed by atoms with E-state index in [1.54, 1.807) is 18.3 Å². The molecule has 0 aliphatic rings. The predicted octanol–water partition coefficient (Wildman–Crippen LogP) is 1.14. The summed E-state index contributed by atoms with van der Waals surface area (Å²) >= 11 is 0. The summed E-state index contributed by atoms with van der Waals surface area (Å²) in [5, 5.41) is 18.3. The summed E-state index contributed by atoms with van der Waals surface area (Å²) in [5.74, 6) is -1.87. The molecule has 0 amide bonds. The van der Waals surface area contributed by atoms with Crippen molar-refractivity contribution in [1.29, 1.82) is 0 Å². The third kappa shape index (κ3) is 2.29. The molecular weight excluding hydrogens is 182 g/mol. The molecule has 0 aliphatic carbocycles. The second-order valence-electron chi connectivity index (χ2n) is 3.33. The number of carboxylic acid groups (broad SMARTS) is 1. The third-order valence-corrected chi connectivity index (χ3v) is 2.10. The smallest absolute Gasteiger partial charge is 0.309 e. The number of pyridine rings is 1. The van der Waals surface area contributed by atoms with Gasteiger partial charge in [0.15, 0.2) is 0 Å². The molecule has 1 rings (SSSR count). The van der Waals surface area contributed by atoms with Gasteiger partial charge in [-0.05, 0) is 25.5 Å². The Balaban J connectivity index is 2.84. The number of hydrogen-bond acceptors (Lipinski definition) is 3. The number of rotatable bonds is 3. The lowest BCUT2D eigenvalue weighted by atomic mass is 10.0. The Hall–Kier alpha value is -1.42. The first-order valence-corrected chi connectivity index (χ1v) is 4.36. The van der Waals surface area contributed by atoms with E-state index in [1.165, 1.54) is 6.92 Å². The van der Waals surface area contributed by atoms with Crippen molar-refractivity contribution < 1.29 is 15.0 Å². The van der Waals surface area contributed by atoms with Gasteiger partial charge in [-0.25, -0.2) is 0 Å². The molecule has 0 spiro atoms. The average molecular weight is 195 g/mol. The van der Waals surface area contributed by atoms with E-state index in [9.17, 15) is 9.90 Å². The molecule has 14 heavy (non-hydrogen) atoms. The fourth-order valence-electron chi connectivity index (χ4n) is 1.05. The summed E-state index contributed by atoms with van der Waals surface area (Å²) in [7, 11) is 0. The van der Waals surface area contributed by atoms with Gasteiger partial charge in [-0.2, -0.15) is 0 Å². The van der Waals surface area contributed by atoms with Crippen LogP contribution < -0.4 is 0 Å². The van der Waals surface area contributed by atoms with Gasteiger partial charge in [0, 0.05) is 6.20 Å². The summed E-state index contributed by atoms with van der Waals surface area (Å²) in [4.78, 5) is 14.6. The Morgan fingerprint density at radius 2 is 2.14 bits per heavy atom. The molecule has 1 aromatic rings. The molecule has 0 radical (unpaired) electrons. The molecule has 2 N–H and O–H groups in total. The molecule has 2 unspecified atom stereocenters. The highest BCUT2D eigenvalue weighted by molar-refractivity contribution is 5.70. The first-order chi connectivity index (χ1) is 6.52. The quantitative estimate of drug-likeness (QED) is 0.758. The van der Waals surface area contributed by atoms with Crippen LogP contribution in [0.3, 0.4) is 0 Å². The van der Waals surface area contributed by atoms with Crippen molar-refractivity contribution >= 4 is 5.97 Å². The Kier molecular flexibility index (Phi) is 3.19. The highest BCUT2D eigenvalue weighted by atomic mass is 16.4. The maximum absolute atomic E-state index is 10.6. The maximum atomic E-state index is 10.6. The van der Waals surface area contributed by atoms with Gasteiger partial charge in [0.1, 0.15) is 6.10 Å². The highest BCUT2D eigenvalue weighted by Crippen LogP contribution is 2.19. The Bertz CT molecular complexity index is 321. The number of aliphatic hydroxyl groups is 1. The minimum absolute atomic E-state index is 0.394. The largest absolute Gasteiger partial charge is 0.481 e. The van der Waals surface area contributed by atoms with Crippen LogP contribution in [0.2, 0.25) is 0 Å². The number of hydrogen-bond donors (Lipinski definition) is 2. The van der Waals surface area contributed by atoms with E-state index in [2.05, 4.69) is 4.98 Å². The van der Waals surface area contributed by atoms with E-state index in [1.807, 2.05) is 6.92 Å². The predicted molar refractivity (Wildman–Crippen MR) is 50.7 cm³/mol. The van der Waals surface area contributed by atoms with Crippen LogP contribution in [0.1, 0.15) is 24.3 Å². The van der Waals surface area contributed by atoms with Gasteiger partial charge in [0.2, 0.25) is 0 Å². The fraction of sp³-hybridized carbons (Fsp3) is 0.400. The topological polar surface area (TPSA) is 70.4 Å². The maximum Gasteiger partial charge on any atom is 0.309 e. The van der Waals surface area contributed by atoms with Crippen LogP contribution in [0.4, 0.5) is 0 Å². The summed E-state index contributed by atoms with van der Waals surface area (Å²) in [5.41, 5.74) is 1.37. The second-order valence-corrected chi connectivity index (χ2v) is 3.33. The molecule has 0 fully saturated rings. The number of carboxylic acids is 1. The van der Waals surface area contributed by atoms with E-state index in [-0.39, 0.29) is 0 Å². The summed E-state index contributed by atoms with van der Waals surface area (Å²) in [6, 6.07) is 3.43. The second kappa shape index (κ2) is 4.19. The van der Waals surface area contributed by atoms with Gasteiger partial charge >= 0.3 is 5.97 Å². The van der Waals surface area contributed by atoms with Crippen LogP contribution in [-0.2, 0) is 4.79 Å². The zero-order valence-electron chi connectivity index (χ0n) is 8.14. The van der Waals surface area contributed by atoms with Crippen LogP contribution in [0.25, 0.3) is 0 Å². The van der Waals surface area contributed by atoms with Crippen molar-refractivity contribution in [2.75, 3.05) is 0 Å². The Labute approximate surface area is 82.2 Å². The highest BCUT2D eigenvalue weighted by Gasteiger charge is 2.23. The SMILES string of the molecule is Cc1ccc(C(O)C(C)C(=O)O)nc1. The van der Waals surface area contributed by atoms with E-state index >= 15 is 0 Å². The number of aliphatic carboxylic acids is 1. The molecule has 0 aliphatic heterocycles. The van der Waals surface area contributed by atoms with Gasteiger partial charge < -0.3 is 10.2 Å². The standard InChI is InChI=1S/C10H13NO3/c1-6-3-4-8(11-5-6)9(12)7(2)10(13)14/h3-5,7,9,12H,1-2H3,(H,13,14). The zero-order valence-corrected chi connectivity index (χ0v) is 8.14. The average Bonchev–Trinajstić information content (AvgIpc) is 2.16. The monoisotopic (exact) mass is 195 g/mol. The van der Waals surface area contributed by atoms with Crippen LogP contribution in [0.15, 0.2) is 18.3 Å². The first kappa shape index (κ1) is 10.7. The fourth-order valence-corrected chi connectivity index (χ4v) is 1.05. The van der Waals surface area contributed by atoms with Crippen molar-refractivity contribution in [3.63, 3.8) is 0 Å². The minimum Gasteiger partial charge on any atom is -0.481 e. The summed E-state index contributed by atoms with van der Waals surface area (Å²) < 4.78 is 0. The number of aromatic nitrogens is 1. The van der Waals surface area contributed by atoms with Gasteiger partial charge in [0.05, 0.1) is 11.6 Å². The molecule has 1 aromatic heterocycles. The lowest BCUT2D eigenvalue weighted by molar-refractivity contribution is -0.145. The van der Waals surface area contributed by atoms with E-state index in [4.69, 9.17) is 5.11 Å². The first-order valence-electron chi connectivity index (χ1n) is 4.36. The van der Waals surface area contributed by atoms with E-state index < -0.39 is 18.0 Å². The van der Waals surface area contributed by atoms with Crippen LogP contribution >= 0.6 is 0 Å². The van der Waals surface area contributed by atoms with Crippen molar-refractivity contribution in [2.24, 2.45) is 5.92 Å². The zero-order chi connectivity index (χ0) is 10.7. The molecule has 0 aromatic carbocycles. The minimum atomic E-state index is -1.05. The molecule has 1 heterocycles. The molecule has 0 saturated carbocycles. The van der Waals surface area contributed by atoms with Gasteiger partial charge in [0.25, 0.3) is 0 Å². The van der Waals surface area contributed by atoms with Crippen molar-refractivity contribution in [1.82, 2.24) is 4.98 Å². The number of nitrogens with zero attached hydrogens (tertiary/aromatic N) is 1. The number of aliphatic hydroxyl groups excluding tert-OH is 1. The molecule has 0 saturated heterocycles. The number of carbonyl (C=O) groups is 1. The molecule has 2 atom stereocenters. The third-order valence-electron chi connectivity index (χ3n) is 2.10. The lowest BCUT2D eigenvalue weighted by Crippen LogP contribution is -2.19. The molecule has 76 valence electrons. The van der Waals surface area contributed by atoms with Gasteiger partial charge in [-0.3, -0.25) is 9.78 Å². The molecule has 4 nitrogen and oxygen atoms in total.